The zero-order chi connectivity index (χ0) is 11.1. The van der Waals surface area contributed by atoms with Gasteiger partial charge >= 0.3 is 0 Å². The first-order valence-corrected chi connectivity index (χ1v) is 4.53. The van der Waals surface area contributed by atoms with Gasteiger partial charge in [0.1, 0.15) is 12.3 Å². The summed E-state index contributed by atoms with van der Waals surface area (Å²) in [6.45, 7) is 0.0408. The van der Waals surface area contributed by atoms with Gasteiger partial charge in [0.25, 0.3) is 5.91 Å². The second kappa shape index (κ2) is 5.66. The maximum absolute atomic E-state index is 11.4. The minimum Gasteiger partial charge on any atom is -0.484 e. The van der Waals surface area contributed by atoms with E-state index in [0.717, 1.165) is 0 Å². The number of nitrogens with zero attached hydrogens (tertiary/aromatic N) is 2. The Morgan fingerprint density at radius 1 is 1.47 bits per heavy atom. The first kappa shape index (κ1) is 11.1. The molecule has 1 amide bonds. The molecular weight excluding hydrogens is 192 g/mol. The van der Waals surface area contributed by atoms with E-state index in [4.69, 9.17) is 10.00 Å². The van der Waals surface area contributed by atoms with Crippen LogP contribution in [0.4, 0.5) is 0 Å². The number of hydrogen-bond acceptors (Lipinski definition) is 3. The summed E-state index contributed by atoms with van der Waals surface area (Å²) in [6.07, 6.45) is 0. The summed E-state index contributed by atoms with van der Waals surface area (Å²) < 4.78 is 5.23. The molecule has 1 aromatic rings. The quantitative estimate of drug-likeness (QED) is 0.689. The number of hydrogen-bond donors (Lipinski definition) is 0. The predicted molar refractivity (Wildman–Crippen MR) is 55.2 cm³/mol. The summed E-state index contributed by atoms with van der Waals surface area (Å²) in [5, 5.41) is 8.39. The Labute approximate surface area is 88.7 Å². The van der Waals surface area contributed by atoms with Crippen molar-refractivity contribution in [1.29, 1.82) is 5.26 Å². The fourth-order valence-corrected chi connectivity index (χ4v) is 0.966. The molecule has 0 bridgehead atoms. The van der Waals surface area contributed by atoms with Crippen LogP contribution in [0.2, 0.25) is 0 Å². The topological polar surface area (TPSA) is 53.3 Å². The van der Waals surface area contributed by atoms with Crippen molar-refractivity contribution in [3.8, 4) is 11.8 Å². The Hall–Kier alpha value is -2.02. The fourth-order valence-electron chi connectivity index (χ4n) is 0.966. The molecule has 0 atom stereocenters. The molecule has 0 unspecified atom stereocenters. The van der Waals surface area contributed by atoms with Crippen molar-refractivity contribution < 1.29 is 9.53 Å². The van der Waals surface area contributed by atoms with Gasteiger partial charge in [-0.15, -0.1) is 0 Å². The van der Waals surface area contributed by atoms with Crippen LogP contribution in [0.1, 0.15) is 0 Å². The van der Waals surface area contributed by atoms with Crippen LogP contribution >= 0.6 is 0 Å². The van der Waals surface area contributed by atoms with E-state index in [0.29, 0.717) is 5.75 Å². The van der Waals surface area contributed by atoms with Crippen molar-refractivity contribution in [2.24, 2.45) is 0 Å². The molecule has 1 aromatic carbocycles. The number of nitriles is 1. The first-order valence-electron chi connectivity index (χ1n) is 4.53. The van der Waals surface area contributed by atoms with Crippen LogP contribution in [0.3, 0.4) is 0 Å². The number of rotatable bonds is 4. The van der Waals surface area contributed by atoms with Gasteiger partial charge in [0.05, 0.1) is 6.07 Å². The summed E-state index contributed by atoms with van der Waals surface area (Å²) in [5.41, 5.74) is 0. The number of amides is 1. The molecule has 1 rings (SSSR count). The maximum Gasteiger partial charge on any atom is 0.261 e. The molecule has 0 saturated heterocycles. The van der Waals surface area contributed by atoms with Crippen LogP contribution in [0.25, 0.3) is 0 Å². The van der Waals surface area contributed by atoms with Gasteiger partial charge in [-0.1, -0.05) is 18.2 Å². The Morgan fingerprint density at radius 3 is 2.73 bits per heavy atom. The minimum absolute atomic E-state index is 0.0395. The molecule has 0 aliphatic carbocycles. The van der Waals surface area contributed by atoms with E-state index in [9.17, 15) is 4.79 Å². The van der Waals surface area contributed by atoms with Crippen LogP contribution in [0.5, 0.6) is 5.75 Å². The Kier molecular flexibility index (Phi) is 4.17. The van der Waals surface area contributed by atoms with E-state index in [1.54, 1.807) is 19.2 Å². The highest BCUT2D eigenvalue weighted by molar-refractivity contribution is 5.77. The van der Waals surface area contributed by atoms with Crippen molar-refractivity contribution in [3.63, 3.8) is 0 Å². The number of para-hydroxylation sites is 1. The summed E-state index contributed by atoms with van der Waals surface area (Å²) >= 11 is 0. The number of benzene rings is 1. The zero-order valence-electron chi connectivity index (χ0n) is 8.51. The molecule has 0 aromatic heterocycles. The van der Waals surface area contributed by atoms with Crippen LogP contribution < -0.4 is 4.74 Å². The Balaban J connectivity index is 2.38. The zero-order valence-corrected chi connectivity index (χ0v) is 8.51. The first-order chi connectivity index (χ1) is 7.24. The molecule has 78 valence electrons. The molecule has 0 spiro atoms. The average Bonchev–Trinajstić information content (AvgIpc) is 2.27. The van der Waals surface area contributed by atoms with Crippen molar-refractivity contribution in [3.05, 3.63) is 30.3 Å². The lowest BCUT2D eigenvalue weighted by molar-refractivity contribution is -0.131. The molecule has 0 saturated carbocycles. The number of carbonyl (C=O) groups is 1. The van der Waals surface area contributed by atoms with E-state index in [2.05, 4.69) is 0 Å². The Morgan fingerprint density at radius 2 is 2.13 bits per heavy atom. The van der Waals surface area contributed by atoms with Gasteiger partial charge in [0.15, 0.2) is 6.61 Å². The molecule has 15 heavy (non-hydrogen) atoms. The predicted octanol–water partition coefficient (Wildman–Crippen LogP) is 1.05. The van der Waals surface area contributed by atoms with E-state index < -0.39 is 0 Å². The molecule has 0 aliphatic heterocycles. The van der Waals surface area contributed by atoms with Gasteiger partial charge in [-0.3, -0.25) is 4.79 Å². The summed E-state index contributed by atoms with van der Waals surface area (Å²) in [7, 11) is 1.57. The molecule has 4 heteroatoms. The highest BCUT2D eigenvalue weighted by Gasteiger charge is 2.08. The normalized spacial score (nSPS) is 9.07. The Bertz CT molecular complexity index is 357. The third-order valence-corrected chi connectivity index (χ3v) is 1.84. The van der Waals surface area contributed by atoms with Crippen molar-refractivity contribution in [2.45, 2.75) is 0 Å². The molecule has 0 aliphatic rings. The van der Waals surface area contributed by atoms with Gasteiger partial charge in [0, 0.05) is 7.05 Å². The molecule has 0 radical (unpaired) electrons. The molecule has 4 nitrogen and oxygen atoms in total. The van der Waals surface area contributed by atoms with Crippen LogP contribution in [0, 0.1) is 11.3 Å². The third kappa shape index (κ3) is 3.69. The third-order valence-electron chi connectivity index (χ3n) is 1.84. The fraction of sp³-hybridized carbons (Fsp3) is 0.273. The smallest absolute Gasteiger partial charge is 0.261 e. The summed E-state index contributed by atoms with van der Waals surface area (Å²) in [5.74, 6) is 0.441. The van der Waals surface area contributed by atoms with Crippen molar-refractivity contribution in [1.82, 2.24) is 4.90 Å². The largest absolute Gasteiger partial charge is 0.484 e. The monoisotopic (exact) mass is 204 g/mol. The minimum atomic E-state index is -0.208. The van der Waals surface area contributed by atoms with Crippen LogP contribution in [-0.2, 0) is 4.79 Å². The average molecular weight is 204 g/mol. The van der Waals surface area contributed by atoms with E-state index >= 15 is 0 Å². The lowest BCUT2D eigenvalue weighted by atomic mass is 10.3. The maximum atomic E-state index is 11.4. The number of ether oxygens (including phenoxy) is 1. The van der Waals surface area contributed by atoms with Gasteiger partial charge in [-0.2, -0.15) is 5.26 Å². The SMILES string of the molecule is CN(CC#N)C(=O)COc1ccccc1. The molecule has 0 fully saturated rings. The van der Waals surface area contributed by atoms with E-state index in [-0.39, 0.29) is 19.1 Å². The van der Waals surface area contributed by atoms with E-state index in [1.807, 2.05) is 24.3 Å². The summed E-state index contributed by atoms with van der Waals surface area (Å²) in [4.78, 5) is 12.7. The second-order valence-electron chi connectivity index (χ2n) is 3.01. The highest BCUT2D eigenvalue weighted by Crippen LogP contribution is 2.07. The van der Waals surface area contributed by atoms with Crippen LogP contribution in [-0.4, -0.2) is 31.0 Å². The lowest BCUT2D eigenvalue weighted by Gasteiger charge is -2.13. The van der Waals surface area contributed by atoms with Crippen molar-refractivity contribution in [2.75, 3.05) is 20.2 Å². The molecule has 0 N–H and O–H groups in total. The van der Waals surface area contributed by atoms with Crippen LogP contribution in [0.15, 0.2) is 30.3 Å². The molecule has 0 heterocycles. The highest BCUT2D eigenvalue weighted by atomic mass is 16.5. The number of likely N-dealkylation sites (N-methyl/N-ethyl adjacent to an activating group) is 1. The lowest BCUT2D eigenvalue weighted by Crippen LogP contribution is -2.31. The second-order valence-corrected chi connectivity index (χ2v) is 3.01. The van der Waals surface area contributed by atoms with Gasteiger partial charge in [-0.05, 0) is 12.1 Å². The summed E-state index contributed by atoms with van der Waals surface area (Å²) in [6, 6.07) is 11.0. The van der Waals surface area contributed by atoms with Gasteiger partial charge in [0.2, 0.25) is 0 Å². The number of carbonyl (C=O) groups excluding carboxylic acids is 1. The van der Waals surface area contributed by atoms with E-state index in [1.165, 1.54) is 4.90 Å². The van der Waals surface area contributed by atoms with Gasteiger partial charge < -0.3 is 9.64 Å². The molecular formula is C11H12N2O2. The van der Waals surface area contributed by atoms with Crippen molar-refractivity contribution >= 4 is 5.91 Å². The van der Waals surface area contributed by atoms with Gasteiger partial charge in [-0.25, -0.2) is 0 Å². The standard InChI is InChI=1S/C11H12N2O2/c1-13(8-7-12)11(14)9-15-10-5-3-2-4-6-10/h2-6H,8-9H2,1H3.